The third-order valence-corrected chi connectivity index (χ3v) is 6.10. The van der Waals surface area contributed by atoms with Crippen LogP contribution in [0.4, 0.5) is 0 Å². The zero-order valence-corrected chi connectivity index (χ0v) is 16.7. The monoisotopic (exact) mass is 403 g/mol. The van der Waals surface area contributed by atoms with Gasteiger partial charge in [0.15, 0.2) is 0 Å². The molecule has 3 aromatic rings. The maximum Gasteiger partial charge on any atom is 0.337 e. The smallest absolute Gasteiger partial charge is 0.337 e. The van der Waals surface area contributed by atoms with Crippen LogP contribution in [0.1, 0.15) is 33.2 Å². The van der Waals surface area contributed by atoms with Gasteiger partial charge >= 0.3 is 5.97 Å². The van der Waals surface area contributed by atoms with Crippen molar-refractivity contribution < 1.29 is 19.1 Å². The van der Waals surface area contributed by atoms with Crippen LogP contribution in [0, 0.1) is 0 Å². The molecule has 3 heterocycles. The molecule has 1 saturated heterocycles. The Kier molecular flexibility index (Phi) is 4.13. The normalized spacial score (nSPS) is 20.9. The lowest BCUT2D eigenvalue weighted by Gasteiger charge is -2.46. The minimum atomic E-state index is -0.548. The number of esters is 1. The Morgan fingerprint density at radius 1 is 1.10 bits per heavy atom. The van der Waals surface area contributed by atoms with Crippen molar-refractivity contribution in [3.8, 4) is 0 Å². The molecule has 1 aromatic heterocycles. The predicted molar refractivity (Wildman–Crippen MR) is 110 cm³/mol. The van der Waals surface area contributed by atoms with Crippen LogP contribution in [0.15, 0.2) is 48.5 Å². The first-order valence-electron chi connectivity index (χ1n) is 9.83. The maximum atomic E-state index is 13.1. The summed E-state index contributed by atoms with van der Waals surface area (Å²) in [5, 5.41) is 1.07. The minimum absolute atomic E-state index is 0.0540. The highest BCUT2D eigenvalue weighted by Crippen LogP contribution is 2.42. The van der Waals surface area contributed by atoms with Crippen LogP contribution in [0.2, 0.25) is 0 Å². The molecule has 7 nitrogen and oxygen atoms in total. The van der Waals surface area contributed by atoms with Crippen LogP contribution in [0.25, 0.3) is 10.9 Å². The average molecular weight is 403 g/mol. The number of aromatic amines is 1. The fourth-order valence-corrected chi connectivity index (χ4v) is 4.67. The van der Waals surface area contributed by atoms with E-state index in [4.69, 9.17) is 4.74 Å². The highest BCUT2D eigenvalue weighted by Gasteiger charge is 2.47. The number of amides is 2. The molecule has 30 heavy (non-hydrogen) atoms. The fourth-order valence-electron chi connectivity index (χ4n) is 4.67. The summed E-state index contributed by atoms with van der Waals surface area (Å²) in [7, 11) is 3.01. The molecule has 0 unspecified atom stereocenters. The number of nitrogens with one attached hydrogen (secondary N) is 1. The molecule has 7 heteroatoms. The molecule has 2 amide bonds. The van der Waals surface area contributed by atoms with Gasteiger partial charge in [-0.1, -0.05) is 30.3 Å². The van der Waals surface area contributed by atoms with E-state index in [1.54, 1.807) is 24.1 Å². The molecule has 1 fully saturated rings. The summed E-state index contributed by atoms with van der Waals surface area (Å²) in [4.78, 5) is 44.6. The Balaban J connectivity index is 1.70. The quantitative estimate of drug-likeness (QED) is 0.666. The van der Waals surface area contributed by atoms with Crippen LogP contribution in [0.5, 0.6) is 0 Å². The Morgan fingerprint density at radius 2 is 1.83 bits per heavy atom. The van der Waals surface area contributed by atoms with Crippen LogP contribution >= 0.6 is 0 Å². The lowest BCUT2D eigenvalue weighted by atomic mass is 9.86. The number of benzene rings is 2. The van der Waals surface area contributed by atoms with Crippen molar-refractivity contribution in [2.45, 2.75) is 18.5 Å². The first-order chi connectivity index (χ1) is 14.5. The van der Waals surface area contributed by atoms with E-state index < -0.39 is 18.1 Å². The number of ether oxygens (including phenoxy) is 1. The maximum absolute atomic E-state index is 13.1. The van der Waals surface area contributed by atoms with Crippen LogP contribution < -0.4 is 0 Å². The van der Waals surface area contributed by atoms with Crippen LogP contribution in [0.3, 0.4) is 0 Å². The summed E-state index contributed by atoms with van der Waals surface area (Å²) >= 11 is 0. The van der Waals surface area contributed by atoms with E-state index in [2.05, 4.69) is 4.98 Å². The standard InChI is InChI=1S/C23H21N3O4/c1-25-12-19(27)26-18(22(25)28)11-16-15-5-3-4-6-17(15)24-20(16)21(26)13-7-9-14(10-8-13)23(29)30-2/h3-10,18,21,24H,11-12H2,1-2H3/t18-,21+/m0/s1. The number of carbonyl (C=O) groups is 3. The number of rotatable bonds is 2. The van der Waals surface area contributed by atoms with Gasteiger partial charge in [-0.15, -0.1) is 0 Å². The molecule has 0 saturated carbocycles. The second-order valence-electron chi connectivity index (χ2n) is 7.79. The highest BCUT2D eigenvalue weighted by molar-refractivity contribution is 5.97. The lowest BCUT2D eigenvalue weighted by Crippen LogP contribution is -2.62. The van der Waals surface area contributed by atoms with E-state index in [1.807, 2.05) is 36.4 Å². The Hall–Kier alpha value is -3.61. The first-order valence-corrected chi connectivity index (χ1v) is 9.83. The molecule has 2 aromatic carbocycles. The minimum Gasteiger partial charge on any atom is -0.465 e. The molecule has 152 valence electrons. The number of aromatic nitrogens is 1. The molecule has 2 aliphatic heterocycles. The Labute approximate surface area is 173 Å². The van der Waals surface area contributed by atoms with Crippen LogP contribution in [-0.4, -0.2) is 59.3 Å². The molecule has 0 radical (unpaired) electrons. The average Bonchev–Trinajstić information content (AvgIpc) is 3.14. The molecular weight excluding hydrogens is 382 g/mol. The van der Waals surface area contributed by atoms with Crippen LogP contribution in [-0.2, 0) is 20.7 Å². The van der Waals surface area contributed by atoms with Crippen molar-refractivity contribution in [3.05, 3.63) is 70.9 Å². The fraction of sp³-hybridized carbons (Fsp3) is 0.261. The van der Waals surface area contributed by atoms with Gasteiger partial charge in [0.2, 0.25) is 11.8 Å². The Bertz CT molecular complexity index is 1180. The predicted octanol–water partition coefficient (Wildman–Crippen LogP) is 2.27. The van der Waals surface area contributed by atoms with Gasteiger partial charge in [-0.2, -0.15) is 0 Å². The zero-order valence-electron chi connectivity index (χ0n) is 16.7. The van der Waals surface area contributed by atoms with E-state index in [9.17, 15) is 14.4 Å². The van der Waals surface area contributed by atoms with Gasteiger partial charge in [0, 0.05) is 30.1 Å². The SMILES string of the molecule is COC(=O)c1ccc([C@@H]2c3[nH]c4ccccc4c3C[C@H]3C(=O)N(C)CC(=O)N23)cc1. The van der Waals surface area contributed by atoms with Gasteiger partial charge in [0.25, 0.3) is 0 Å². The second-order valence-corrected chi connectivity index (χ2v) is 7.79. The number of methoxy groups -OCH3 is 1. The summed E-state index contributed by atoms with van der Waals surface area (Å²) in [5.74, 6) is -0.560. The molecule has 0 spiro atoms. The number of fused-ring (bicyclic) bond motifs is 4. The van der Waals surface area contributed by atoms with E-state index in [0.717, 1.165) is 27.7 Å². The van der Waals surface area contributed by atoms with Gasteiger partial charge < -0.3 is 19.5 Å². The number of hydrogen-bond donors (Lipinski definition) is 1. The van der Waals surface area contributed by atoms with E-state index in [-0.39, 0.29) is 18.4 Å². The van der Waals surface area contributed by atoms with Gasteiger partial charge in [-0.25, -0.2) is 4.79 Å². The first kappa shape index (κ1) is 18.4. The summed E-state index contributed by atoms with van der Waals surface area (Å²) in [5.41, 5.74) is 4.23. The summed E-state index contributed by atoms with van der Waals surface area (Å²) in [6, 6.07) is 14.0. The number of nitrogens with zero attached hydrogens (tertiary/aromatic N) is 2. The van der Waals surface area contributed by atoms with Gasteiger partial charge in [0.05, 0.1) is 25.3 Å². The Morgan fingerprint density at radius 3 is 2.57 bits per heavy atom. The molecule has 2 atom stereocenters. The molecule has 0 bridgehead atoms. The van der Waals surface area contributed by atoms with Gasteiger partial charge in [-0.05, 0) is 29.3 Å². The molecular formula is C23H21N3O4. The molecule has 0 aliphatic carbocycles. The van der Waals surface area contributed by atoms with Crippen molar-refractivity contribution in [1.29, 1.82) is 0 Å². The second kappa shape index (κ2) is 6.73. The molecule has 5 rings (SSSR count). The lowest BCUT2D eigenvalue weighted by molar-refractivity contribution is -0.157. The highest BCUT2D eigenvalue weighted by atomic mass is 16.5. The van der Waals surface area contributed by atoms with Crippen molar-refractivity contribution in [2.75, 3.05) is 20.7 Å². The van der Waals surface area contributed by atoms with Crippen molar-refractivity contribution >= 4 is 28.7 Å². The summed E-state index contributed by atoms with van der Waals surface area (Å²) < 4.78 is 4.79. The summed E-state index contributed by atoms with van der Waals surface area (Å²) in [6.45, 7) is 0.0572. The number of H-pyrrole nitrogens is 1. The van der Waals surface area contributed by atoms with Crippen molar-refractivity contribution in [3.63, 3.8) is 0 Å². The number of para-hydroxylation sites is 1. The largest absolute Gasteiger partial charge is 0.465 e. The van der Waals surface area contributed by atoms with E-state index >= 15 is 0 Å². The van der Waals surface area contributed by atoms with Gasteiger partial charge in [0.1, 0.15) is 6.04 Å². The van der Waals surface area contributed by atoms with Crippen molar-refractivity contribution in [2.24, 2.45) is 0 Å². The molecule has 2 aliphatic rings. The summed E-state index contributed by atoms with van der Waals surface area (Å²) in [6.07, 6.45) is 0.477. The zero-order chi connectivity index (χ0) is 21.0. The third-order valence-electron chi connectivity index (χ3n) is 6.10. The van der Waals surface area contributed by atoms with E-state index in [0.29, 0.717) is 12.0 Å². The number of likely N-dealkylation sites (N-methyl/N-ethyl adjacent to an activating group) is 1. The van der Waals surface area contributed by atoms with Crippen molar-refractivity contribution in [1.82, 2.24) is 14.8 Å². The third kappa shape index (κ3) is 2.62. The number of piperazine rings is 1. The number of carbonyl (C=O) groups excluding carboxylic acids is 3. The topological polar surface area (TPSA) is 82.7 Å². The van der Waals surface area contributed by atoms with Gasteiger partial charge in [-0.3, -0.25) is 9.59 Å². The molecule has 1 N–H and O–H groups in total. The van der Waals surface area contributed by atoms with E-state index in [1.165, 1.54) is 12.0 Å². The number of hydrogen-bond acceptors (Lipinski definition) is 4.